The third-order valence-corrected chi connectivity index (χ3v) is 9.47. The third kappa shape index (κ3) is 7.71. The van der Waals surface area contributed by atoms with Gasteiger partial charge in [0.25, 0.3) is 0 Å². The number of aliphatic carboxylic acids is 1. The van der Waals surface area contributed by atoms with E-state index < -0.39 is 34.4 Å². The van der Waals surface area contributed by atoms with Crippen molar-refractivity contribution < 1.29 is 49.4 Å². The highest BCUT2D eigenvalue weighted by Crippen LogP contribution is 2.34. The molecule has 0 aliphatic carbocycles. The Morgan fingerprint density at radius 2 is 1.79 bits per heavy atom. The molecular weight excluding hydrogens is 578 g/mol. The molecule has 0 saturated carbocycles. The van der Waals surface area contributed by atoms with E-state index in [4.69, 9.17) is 14.6 Å². The summed E-state index contributed by atoms with van der Waals surface area (Å²) < 4.78 is 104. The van der Waals surface area contributed by atoms with Gasteiger partial charge < -0.3 is 19.6 Å². The molecule has 2 aromatic rings. The molecule has 2 aliphatic heterocycles. The largest absolute Gasteiger partial charge is 0.490 e. The number of carbonyl (C=O) groups is 1. The first-order valence-corrected chi connectivity index (χ1v) is 14.1. The quantitative estimate of drug-likeness (QED) is 0.513. The first-order valence-electron chi connectivity index (χ1n) is 11.9. The zero-order chi connectivity index (χ0) is 29.2. The van der Waals surface area contributed by atoms with Crippen molar-refractivity contribution in [1.82, 2.24) is 14.2 Å². The maximum Gasteiger partial charge on any atom is 0.490 e. The van der Waals surface area contributed by atoms with E-state index >= 15 is 0 Å². The maximum atomic E-state index is 13.2. The van der Waals surface area contributed by atoms with Crippen LogP contribution in [0.2, 0.25) is 0 Å². The number of alkyl halides is 6. The maximum absolute atomic E-state index is 13.2. The summed E-state index contributed by atoms with van der Waals surface area (Å²) in [5.74, 6) is -2.76. The van der Waals surface area contributed by atoms with Gasteiger partial charge in [-0.1, -0.05) is 18.3 Å². The zero-order valence-corrected chi connectivity index (χ0v) is 22.6. The number of carboxylic acids is 1. The predicted molar refractivity (Wildman–Crippen MR) is 131 cm³/mol. The topological polar surface area (TPSA) is 103 Å². The first kappa shape index (κ1) is 31.3. The smallest absolute Gasteiger partial charge is 0.475 e. The molecule has 0 radical (unpaired) electrons. The number of likely N-dealkylation sites (tertiary alicyclic amines) is 1. The fourth-order valence-electron chi connectivity index (χ4n) is 4.17. The van der Waals surface area contributed by atoms with E-state index in [1.807, 2.05) is 0 Å². The number of benzene rings is 1. The second-order valence-corrected chi connectivity index (χ2v) is 12.0. The minimum atomic E-state index is -5.08. The van der Waals surface area contributed by atoms with E-state index in [9.17, 15) is 34.8 Å². The van der Waals surface area contributed by atoms with Crippen LogP contribution in [0.1, 0.15) is 19.8 Å². The van der Waals surface area contributed by atoms with Gasteiger partial charge in [0.1, 0.15) is 0 Å². The lowest BCUT2D eigenvalue weighted by atomic mass is 10.1. The fraction of sp³-hybridized carbons (Fsp3) is 0.636. The molecular formula is C22H28F6N4O5S2. The number of piperidine rings is 1. The molecule has 3 heterocycles. The molecule has 2 fully saturated rings. The molecule has 17 heteroatoms. The predicted octanol–water partition coefficient (Wildman–Crippen LogP) is 3.80. The Balaban J connectivity index is 0.000000532. The molecule has 2 saturated heterocycles. The molecule has 0 spiro atoms. The van der Waals surface area contributed by atoms with Gasteiger partial charge in [-0.3, -0.25) is 0 Å². The van der Waals surface area contributed by atoms with Crippen molar-refractivity contribution in [3.05, 3.63) is 18.2 Å². The number of hydrogen-bond acceptors (Lipinski definition) is 8. The van der Waals surface area contributed by atoms with Gasteiger partial charge in [0.15, 0.2) is 11.2 Å². The summed E-state index contributed by atoms with van der Waals surface area (Å²) in [5.41, 5.74) is 0.568. The molecule has 1 aromatic heterocycles. The van der Waals surface area contributed by atoms with Gasteiger partial charge in [0.2, 0.25) is 10.0 Å². The lowest BCUT2D eigenvalue weighted by molar-refractivity contribution is -0.221. The van der Waals surface area contributed by atoms with E-state index in [2.05, 4.69) is 16.8 Å². The molecule has 220 valence electrons. The molecule has 9 nitrogen and oxygen atoms in total. The number of aromatic nitrogens is 1. The van der Waals surface area contributed by atoms with Crippen molar-refractivity contribution >= 4 is 42.7 Å². The molecule has 39 heavy (non-hydrogen) atoms. The van der Waals surface area contributed by atoms with Gasteiger partial charge in [-0.25, -0.2) is 18.2 Å². The summed E-state index contributed by atoms with van der Waals surface area (Å²) in [6.45, 7) is 4.74. The van der Waals surface area contributed by atoms with Gasteiger partial charge >= 0.3 is 18.3 Å². The van der Waals surface area contributed by atoms with Gasteiger partial charge in [0.05, 0.1) is 28.3 Å². The van der Waals surface area contributed by atoms with Gasteiger partial charge in [-0.15, -0.1) is 0 Å². The molecule has 1 aromatic carbocycles. The minimum Gasteiger partial charge on any atom is -0.475 e. The number of morpholine rings is 1. The summed E-state index contributed by atoms with van der Waals surface area (Å²) >= 11 is 1.20. The van der Waals surface area contributed by atoms with Crippen LogP contribution in [0.3, 0.4) is 0 Å². The standard InChI is InChI=1S/C20H27F3N4O3S2.C2HF3O2/c1-3-26-8-6-14(7-9-26)25(2)32(28,29)15-4-5-16-17(12-15)31-19(24-16)27-10-11-30-18(13-27)20(21,22)23;3-2(4,5)1(6)7/h4-5,12,14,18H,3,6-11,13H2,1-2H3;(H,6,7)/t18-;/m0./s1. The molecule has 1 atom stereocenters. The van der Waals surface area contributed by atoms with Crippen LogP contribution in [0.5, 0.6) is 0 Å². The highest BCUT2D eigenvalue weighted by Gasteiger charge is 2.44. The van der Waals surface area contributed by atoms with Crippen LogP contribution >= 0.6 is 11.3 Å². The number of rotatable bonds is 5. The van der Waals surface area contributed by atoms with Gasteiger partial charge in [-0.05, 0) is 50.7 Å². The Morgan fingerprint density at radius 1 is 1.18 bits per heavy atom. The number of nitrogens with zero attached hydrogens (tertiary/aromatic N) is 4. The number of ether oxygens (including phenoxy) is 1. The second-order valence-electron chi connectivity index (χ2n) is 8.96. The summed E-state index contributed by atoms with van der Waals surface area (Å²) in [6, 6.07) is 4.67. The van der Waals surface area contributed by atoms with Crippen molar-refractivity contribution in [1.29, 1.82) is 0 Å². The summed E-state index contributed by atoms with van der Waals surface area (Å²) in [4.78, 5) is 17.4. The average Bonchev–Trinajstić information content (AvgIpc) is 3.31. The summed E-state index contributed by atoms with van der Waals surface area (Å²) in [5, 5.41) is 7.56. The first-order chi connectivity index (χ1) is 18.0. The zero-order valence-electron chi connectivity index (χ0n) is 21.0. The number of fused-ring (bicyclic) bond motifs is 1. The number of carboxylic acid groups (broad SMARTS) is 1. The van der Waals surface area contributed by atoms with Crippen LogP contribution in [0.15, 0.2) is 23.1 Å². The van der Waals surface area contributed by atoms with E-state index in [1.165, 1.54) is 21.7 Å². The normalized spacial score (nSPS) is 20.2. The number of halogens is 6. The number of hydrogen-bond donors (Lipinski definition) is 1. The Labute approximate surface area is 225 Å². The average molecular weight is 607 g/mol. The Bertz CT molecular complexity index is 1250. The monoisotopic (exact) mass is 606 g/mol. The van der Waals surface area contributed by atoms with E-state index in [1.54, 1.807) is 24.1 Å². The van der Waals surface area contributed by atoms with Crippen molar-refractivity contribution in [2.24, 2.45) is 0 Å². The highest BCUT2D eigenvalue weighted by atomic mass is 32.2. The van der Waals surface area contributed by atoms with Crippen LogP contribution in [-0.2, 0) is 19.6 Å². The van der Waals surface area contributed by atoms with E-state index in [0.29, 0.717) is 21.9 Å². The van der Waals surface area contributed by atoms with E-state index in [0.717, 1.165) is 32.5 Å². The molecule has 0 bridgehead atoms. The number of anilines is 1. The van der Waals surface area contributed by atoms with Crippen molar-refractivity contribution in [2.45, 2.75) is 49.2 Å². The molecule has 4 rings (SSSR count). The minimum absolute atomic E-state index is 0.0403. The molecule has 2 aliphatic rings. The summed E-state index contributed by atoms with van der Waals surface area (Å²) in [7, 11) is -2.07. The molecule has 1 N–H and O–H groups in total. The lowest BCUT2D eigenvalue weighted by Gasteiger charge is -2.35. The Morgan fingerprint density at radius 3 is 2.33 bits per heavy atom. The van der Waals surface area contributed by atoms with Crippen molar-refractivity contribution in [3.8, 4) is 0 Å². The Hall–Kier alpha value is -2.21. The van der Waals surface area contributed by atoms with Crippen molar-refractivity contribution in [2.75, 3.05) is 51.3 Å². The number of thiazole rings is 1. The van der Waals surface area contributed by atoms with Crippen LogP contribution in [0.25, 0.3) is 10.2 Å². The third-order valence-electron chi connectivity index (χ3n) is 6.49. The van der Waals surface area contributed by atoms with Gasteiger partial charge in [-0.2, -0.15) is 30.6 Å². The fourth-order valence-corrected chi connectivity index (χ4v) is 6.73. The number of sulfonamides is 1. The second kappa shape index (κ2) is 12.1. The van der Waals surface area contributed by atoms with Crippen LogP contribution < -0.4 is 4.90 Å². The van der Waals surface area contributed by atoms with Crippen LogP contribution in [0, 0.1) is 0 Å². The molecule has 0 amide bonds. The van der Waals surface area contributed by atoms with Crippen LogP contribution in [-0.4, -0.2) is 105 Å². The van der Waals surface area contributed by atoms with E-state index in [-0.39, 0.29) is 24.1 Å². The highest BCUT2D eigenvalue weighted by molar-refractivity contribution is 7.89. The van der Waals surface area contributed by atoms with Gasteiger partial charge in [0, 0.05) is 19.6 Å². The van der Waals surface area contributed by atoms with Crippen molar-refractivity contribution in [3.63, 3.8) is 0 Å². The Kier molecular flexibility index (Phi) is 9.73. The summed E-state index contributed by atoms with van der Waals surface area (Å²) in [6.07, 6.45) is -9.80. The van der Waals surface area contributed by atoms with Crippen LogP contribution in [0.4, 0.5) is 31.5 Å². The lowest BCUT2D eigenvalue weighted by Crippen LogP contribution is -2.49. The SMILES string of the molecule is CCN1CCC(N(C)S(=O)(=O)c2ccc3nc(N4CCO[C@H](C(F)(F)F)C4)sc3c2)CC1.O=C(O)C(F)(F)F. The molecule has 0 unspecified atom stereocenters.